The van der Waals surface area contributed by atoms with E-state index in [4.69, 9.17) is 47.8 Å². The van der Waals surface area contributed by atoms with E-state index >= 15 is 0 Å². The van der Waals surface area contributed by atoms with Crippen LogP contribution in [0, 0.1) is 0 Å². The summed E-state index contributed by atoms with van der Waals surface area (Å²) in [4.78, 5) is 0. The molecule has 0 rings (SSSR count). The molecule has 0 saturated carbocycles. The fourth-order valence-corrected chi connectivity index (χ4v) is 0. The van der Waals surface area contributed by atoms with E-state index in [1.54, 1.807) is 0 Å². The maximum absolute atomic E-state index is 8.85. The van der Waals surface area contributed by atoms with Gasteiger partial charge in [0.1, 0.15) is 0 Å². The van der Waals surface area contributed by atoms with E-state index in [0.29, 0.717) is 0 Å². The van der Waals surface area contributed by atoms with Crippen LogP contribution in [0.1, 0.15) is 0 Å². The van der Waals surface area contributed by atoms with E-state index in [1.807, 2.05) is 0 Å². The fraction of sp³-hybridized carbons (Fsp3) is 0. The number of hydrogen-bond donors (Lipinski definition) is 4. The zero-order chi connectivity index (χ0) is 13.5. The second-order valence-corrected chi connectivity index (χ2v) is 5.68. The Labute approximate surface area is 145 Å². The summed E-state index contributed by atoms with van der Waals surface area (Å²) in [5.74, 6) is 0. The molecule has 12 nitrogen and oxygen atoms in total. The van der Waals surface area contributed by atoms with Gasteiger partial charge in [-0.25, -0.2) is 0 Å². The quantitative estimate of drug-likeness (QED) is 0.211. The monoisotopic (exact) mass is 424 g/mol. The van der Waals surface area contributed by atoms with Gasteiger partial charge in [0, 0.05) is 0 Å². The molecule has 0 aromatic carbocycles. The third-order valence-electron chi connectivity index (χ3n) is 0. The van der Waals surface area contributed by atoms with Crippen molar-refractivity contribution < 1.29 is 137 Å². The Morgan fingerprint density at radius 3 is 0.941 bits per heavy atom. The SMILES string of the molecule is O=S(=O)(O)O.[Na+].[Na+].[O]=[Cr](=[O])([O-])[O-].[O]=[Mo](=[O])([OH])[OH]. The van der Waals surface area contributed by atoms with Crippen LogP contribution in [0.3, 0.4) is 0 Å². The van der Waals surface area contributed by atoms with Crippen LogP contribution in [-0.2, 0) is 55.2 Å². The molecule has 0 aliphatic rings. The van der Waals surface area contributed by atoms with Crippen molar-refractivity contribution in [3.05, 3.63) is 0 Å². The molecule has 0 saturated heterocycles. The summed E-state index contributed by atoms with van der Waals surface area (Å²) in [6.07, 6.45) is 0. The second kappa shape index (κ2) is 13.1. The molecule has 0 radical (unpaired) electrons. The summed E-state index contributed by atoms with van der Waals surface area (Å²) in [6.45, 7) is 0. The second-order valence-electron chi connectivity index (χ2n) is 1.30. The molecule has 0 spiro atoms. The first-order valence-electron chi connectivity index (χ1n) is 2.06. The molecule has 17 heteroatoms. The van der Waals surface area contributed by atoms with Gasteiger partial charge in [0.2, 0.25) is 0 Å². The molecular weight excluding hydrogens is 418 g/mol. The third-order valence-corrected chi connectivity index (χ3v) is 0. The normalized spacial score (nSPS) is 10.2. The molecule has 0 unspecified atom stereocenters. The fourth-order valence-electron chi connectivity index (χ4n) is 0. The summed E-state index contributed by atoms with van der Waals surface area (Å²) >= 11 is -11.3. The van der Waals surface area contributed by atoms with Gasteiger partial charge < -0.3 is 0 Å². The van der Waals surface area contributed by atoms with Gasteiger partial charge in [-0.15, -0.1) is 0 Å². The van der Waals surface area contributed by atoms with Crippen LogP contribution >= 0.6 is 0 Å². The molecule has 4 N–H and O–H groups in total. The summed E-state index contributed by atoms with van der Waals surface area (Å²) in [5, 5.41) is 0. The van der Waals surface area contributed by atoms with Crippen LogP contribution in [0.5, 0.6) is 0 Å². The maximum atomic E-state index is 8.85. The van der Waals surface area contributed by atoms with Crippen molar-refractivity contribution in [2.24, 2.45) is 0 Å². The average molecular weight is 422 g/mol. The Morgan fingerprint density at radius 2 is 0.941 bits per heavy atom. The van der Waals surface area contributed by atoms with E-state index in [-0.39, 0.29) is 59.1 Å². The van der Waals surface area contributed by atoms with Gasteiger partial charge in [-0.2, -0.15) is 8.42 Å². The van der Waals surface area contributed by atoms with Gasteiger partial charge >= 0.3 is 130 Å². The Morgan fingerprint density at radius 1 is 0.941 bits per heavy atom. The van der Waals surface area contributed by atoms with Crippen LogP contribution in [-0.4, -0.2) is 25.0 Å². The summed E-state index contributed by atoms with van der Waals surface area (Å²) in [7, 11) is -4.67. The first kappa shape index (κ1) is 31.5. The van der Waals surface area contributed by atoms with E-state index in [9.17, 15) is 0 Å². The van der Waals surface area contributed by atoms with Crippen LogP contribution in [0.15, 0.2) is 0 Å². The Balaban J connectivity index is -0.0000000400. The third kappa shape index (κ3) is 1040. The Kier molecular flexibility index (Phi) is 24.3. The molecule has 17 heavy (non-hydrogen) atoms. The number of hydrogen-bond acceptors (Lipinski definition) is 8. The van der Waals surface area contributed by atoms with Crippen LogP contribution in [0.4, 0.5) is 0 Å². The van der Waals surface area contributed by atoms with Gasteiger partial charge in [-0.1, -0.05) is 0 Å². The van der Waals surface area contributed by atoms with Crippen molar-refractivity contribution in [1.82, 2.24) is 0 Å². The molecule has 0 aliphatic heterocycles. The van der Waals surface area contributed by atoms with E-state index in [1.165, 1.54) is 0 Å². The first-order chi connectivity index (χ1) is 6.00. The molecule has 96 valence electrons. The van der Waals surface area contributed by atoms with Gasteiger partial charge in [0.05, 0.1) is 0 Å². The standard InChI is InChI=1S/Cr.Mo.2Na.H2O4S.2H2O.6O/c;;;;1-5(2,3)4;;;;;;;;/h;;;;(H2,1,2,3,4);2*1H2;;;;;;/q;+2;2*+1;;;;;;;;2*-1/p-2. The minimum atomic E-state index is -5.75. The predicted octanol–water partition coefficient (Wildman–Crippen LogP) is -10.6. The molecule has 0 atom stereocenters. The van der Waals surface area contributed by atoms with Crippen LogP contribution < -0.4 is 67.4 Å². The Hall–Kier alpha value is 2.13. The molecule has 0 amide bonds. The van der Waals surface area contributed by atoms with Crippen LogP contribution in [0.2, 0.25) is 0 Å². The summed E-state index contributed by atoms with van der Waals surface area (Å²) in [5.41, 5.74) is 0. The van der Waals surface area contributed by atoms with Crippen molar-refractivity contribution in [3.8, 4) is 0 Å². The van der Waals surface area contributed by atoms with Crippen LogP contribution in [0.25, 0.3) is 0 Å². The molecule has 0 fully saturated rings. The molecular formula is H4CrMoNa2O12S. The topological polar surface area (TPSA) is 229 Å². The van der Waals surface area contributed by atoms with Gasteiger partial charge in [-0.05, 0) is 0 Å². The van der Waals surface area contributed by atoms with Crippen molar-refractivity contribution in [3.63, 3.8) is 0 Å². The van der Waals surface area contributed by atoms with Gasteiger partial charge in [0.15, 0.2) is 0 Å². The molecule has 0 heterocycles. The molecule has 0 aromatic rings. The molecule has 0 aliphatic carbocycles. The zero-order valence-electron chi connectivity index (χ0n) is 8.28. The van der Waals surface area contributed by atoms with Gasteiger partial charge in [0.25, 0.3) is 0 Å². The predicted molar refractivity (Wildman–Crippen MR) is 21.4 cm³/mol. The van der Waals surface area contributed by atoms with E-state index in [0.717, 1.165) is 0 Å². The van der Waals surface area contributed by atoms with Crippen molar-refractivity contribution in [1.29, 1.82) is 0 Å². The minimum absolute atomic E-state index is 0. The molecule has 0 aromatic heterocycles. The van der Waals surface area contributed by atoms with E-state index in [2.05, 4.69) is 0 Å². The first-order valence-corrected chi connectivity index (χ1v) is 8.98. The van der Waals surface area contributed by atoms with Crippen molar-refractivity contribution in [2.75, 3.05) is 0 Å². The van der Waals surface area contributed by atoms with Crippen molar-refractivity contribution in [2.45, 2.75) is 0 Å². The van der Waals surface area contributed by atoms with Crippen molar-refractivity contribution >= 4 is 10.4 Å². The van der Waals surface area contributed by atoms with Gasteiger partial charge in [-0.3, -0.25) is 9.11 Å². The zero-order valence-corrected chi connectivity index (χ0v) is 16.4. The number of rotatable bonds is 0. The summed E-state index contributed by atoms with van der Waals surface area (Å²) in [6, 6.07) is 0. The molecule has 0 bridgehead atoms. The average Bonchev–Trinajstić information content (AvgIpc) is 1.41. The van der Waals surface area contributed by atoms with E-state index < -0.39 is 40.8 Å². The summed E-state index contributed by atoms with van der Waals surface area (Å²) < 4.78 is 98.0. The Bertz CT molecular complexity index is 345.